The minimum atomic E-state index is 0.280. The number of carbonyl (C=O) groups is 1. The standard InChI is InChI=1S/C18H24O2/c1-12-8-13(2)10-16(9-12)20-15-7-6-14-4-3-5-18(19)17(14)11-15/h6-7,11-13,16H,3-5,8-10H2,1-2H3. The second-order valence-electron chi connectivity index (χ2n) is 6.75. The molecule has 0 radical (unpaired) electrons. The van der Waals surface area contributed by atoms with Gasteiger partial charge in [0.25, 0.3) is 0 Å². The monoisotopic (exact) mass is 272 g/mol. The average molecular weight is 272 g/mol. The van der Waals surface area contributed by atoms with Gasteiger partial charge in [0.05, 0.1) is 6.10 Å². The van der Waals surface area contributed by atoms with Crippen molar-refractivity contribution in [1.82, 2.24) is 0 Å². The third-order valence-electron chi connectivity index (χ3n) is 4.67. The number of benzene rings is 1. The normalized spacial score (nSPS) is 29.9. The first-order valence-electron chi connectivity index (χ1n) is 7.94. The maximum atomic E-state index is 12.0. The molecular formula is C18H24O2. The number of carbonyl (C=O) groups excluding carboxylic acids is 1. The maximum Gasteiger partial charge on any atom is 0.163 e. The number of hydrogen-bond acceptors (Lipinski definition) is 2. The van der Waals surface area contributed by atoms with Gasteiger partial charge in [0, 0.05) is 12.0 Å². The van der Waals surface area contributed by atoms with Gasteiger partial charge >= 0.3 is 0 Å². The summed E-state index contributed by atoms with van der Waals surface area (Å²) in [5.41, 5.74) is 2.09. The Balaban J connectivity index is 1.74. The molecule has 1 aromatic rings. The van der Waals surface area contributed by atoms with Crippen LogP contribution in [0.1, 0.15) is 61.9 Å². The molecule has 108 valence electrons. The first kappa shape index (κ1) is 13.7. The second kappa shape index (κ2) is 5.59. The van der Waals surface area contributed by atoms with Gasteiger partial charge in [0.2, 0.25) is 0 Å². The molecule has 20 heavy (non-hydrogen) atoms. The van der Waals surface area contributed by atoms with Crippen molar-refractivity contribution in [2.45, 2.75) is 58.5 Å². The van der Waals surface area contributed by atoms with Crippen molar-refractivity contribution in [2.75, 3.05) is 0 Å². The summed E-state index contributed by atoms with van der Waals surface area (Å²) in [5.74, 6) is 2.64. The van der Waals surface area contributed by atoms with E-state index in [1.165, 1.54) is 12.0 Å². The summed E-state index contributed by atoms with van der Waals surface area (Å²) in [4.78, 5) is 12.0. The summed E-state index contributed by atoms with van der Waals surface area (Å²) < 4.78 is 6.16. The number of hydrogen-bond donors (Lipinski definition) is 0. The molecule has 2 atom stereocenters. The van der Waals surface area contributed by atoms with Crippen LogP contribution in [0.2, 0.25) is 0 Å². The van der Waals surface area contributed by atoms with Crippen LogP contribution in [0.25, 0.3) is 0 Å². The van der Waals surface area contributed by atoms with Gasteiger partial charge in [-0.15, -0.1) is 0 Å². The fraction of sp³-hybridized carbons (Fsp3) is 0.611. The van der Waals surface area contributed by atoms with Gasteiger partial charge < -0.3 is 4.74 Å². The van der Waals surface area contributed by atoms with E-state index in [0.717, 1.165) is 48.8 Å². The molecule has 2 aliphatic carbocycles. The van der Waals surface area contributed by atoms with E-state index in [1.807, 2.05) is 12.1 Å². The average Bonchev–Trinajstić information content (AvgIpc) is 2.38. The molecule has 0 aromatic heterocycles. The fourth-order valence-corrected chi connectivity index (χ4v) is 3.84. The second-order valence-corrected chi connectivity index (χ2v) is 6.75. The molecule has 0 aliphatic heterocycles. The van der Waals surface area contributed by atoms with Crippen molar-refractivity contribution in [2.24, 2.45) is 11.8 Å². The zero-order valence-electron chi connectivity index (χ0n) is 12.5. The van der Waals surface area contributed by atoms with Crippen molar-refractivity contribution in [3.8, 4) is 5.75 Å². The minimum Gasteiger partial charge on any atom is -0.490 e. The predicted octanol–water partition coefficient (Wildman–Crippen LogP) is 4.41. The lowest BCUT2D eigenvalue weighted by atomic mass is 9.82. The van der Waals surface area contributed by atoms with Crippen molar-refractivity contribution in [3.63, 3.8) is 0 Å². The molecular weight excluding hydrogens is 248 g/mol. The molecule has 2 nitrogen and oxygen atoms in total. The highest BCUT2D eigenvalue weighted by Crippen LogP contribution is 2.32. The van der Waals surface area contributed by atoms with Crippen molar-refractivity contribution < 1.29 is 9.53 Å². The first-order chi connectivity index (χ1) is 9.61. The molecule has 2 aliphatic rings. The number of aryl methyl sites for hydroxylation is 1. The van der Waals surface area contributed by atoms with E-state index in [1.54, 1.807) is 0 Å². The van der Waals surface area contributed by atoms with Crippen molar-refractivity contribution >= 4 is 5.78 Å². The van der Waals surface area contributed by atoms with Gasteiger partial charge in [-0.1, -0.05) is 19.9 Å². The van der Waals surface area contributed by atoms with Crippen LogP contribution in [0.3, 0.4) is 0 Å². The molecule has 0 amide bonds. The largest absolute Gasteiger partial charge is 0.490 e. The number of Topliss-reactive ketones (excluding diaryl/α,β-unsaturated/α-hetero) is 1. The van der Waals surface area contributed by atoms with E-state index in [2.05, 4.69) is 19.9 Å². The highest BCUT2D eigenvalue weighted by atomic mass is 16.5. The molecule has 0 heterocycles. The molecule has 0 N–H and O–H groups in total. The van der Waals surface area contributed by atoms with Crippen LogP contribution >= 0.6 is 0 Å². The zero-order valence-corrected chi connectivity index (χ0v) is 12.5. The number of ether oxygens (including phenoxy) is 1. The van der Waals surface area contributed by atoms with Gasteiger partial charge in [-0.25, -0.2) is 0 Å². The van der Waals surface area contributed by atoms with Gasteiger partial charge in [-0.3, -0.25) is 4.79 Å². The quantitative estimate of drug-likeness (QED) is 0.797. The lowest BCUT2D eigenvalue weighted by Crippen LogP contribution is -2.28. The van der Waals surface area contributed by atoms with Crippen LogP contribution in [-0.4, -0.2) is 11.9 Å². The third-order valence-corrected chi connectivity index (χ3v) is 4.67. The Hall–Kier alpha value is -1.31. The lowest BCUT2D eigenvalue weighted by molar-refractivity contribution is 0.0957. The minimum absolute atomic E-state index is 0.280. The summed E-state index contributed by atoms with van der Waals surface area (Å²) in [6.45, 7) is 4.62. The Kier molecular flexibility index (Phi) is 3.82. The number of ketones is 1. The molecule has 0 spiro atoms. The third kappa shape index (κ3) is 2.89. The molecule has 1 fully saturated rings. The van der Waals surface area contributed by atoms with Crippen LogP contribution < -0.4 is 4.74 Å². The van der Waals surface area contributed by atoms with E-state index >= 15 is 0 Å². The molecule has 0 bridgehead atoms. The smallest absolute Gasteiger partial charge is 0.163 e. The molecule has 1 saturated carbocycles. The molecule has 2 unspecified atom stereocenters. The Bertz CT molecular complexity index is 496. The van der Waals surface area contributed by atoms with Crippen LogP contribution in [0.4, 0.5) is 0 Å². The van der Waals surface area contributed by atoms with Crippen molar-refractivity contribution in [3.05, 3.63) is 29.3 Å². The predicted molar refractivity (Wildman–Crippen MR) is 80.3 cm³/mol. The van der Waals surface area contributed by atoms with E-state index in [9.17, 15) is 4.79 Å². The Morgan fingerprint density at radius 1 is 1.05 bits per heavy atom. The highest BCUT2D eigenvalue weighted by Gasteiger charge is 2.26. The van der Waals surface area contributed by atoms with Crippen LogP contribution in [0.5, 0.6) is 5.75 Å². The van der Waals surface area contributed by atoms with Crippen LogP contribution in [0, 0.1) is 11.8 Å². The summed E-state index contributed by atoms with van der Waals surface area (Å²) in [6.07, 6.45) is 6.59. The van der Waals surface area contributed by atoms with Gasteiger partial charge in [0.15, 0.2) is 5.78 Å². The van der Waals surface area contributed by atoms with Gasteiger partial charge in [0.1, 0.15) is 5.75 Å². The lowest BCUT2D eigenvalue weighted by Gasteiger charge is -2.32. The van der Waals surface area contributed by atoms with Crippen LogP contribution in [-0.2, 0) is 6.42 Å². The molecule has 1 aromatic carbocycles. The topological polar surface area (TPSA) is 26.3 Å². The summed E-state index contributed by atoms with van der Waals surface area (Å²) in [5, 5.41) is 0. The summed E-state index contributed by atoms with van der Waals surface area (Å²) in [7, 11) is 0. The SMILES string of the molecule is CC1CC(C)CC(Oc2ccc3c(c2)C(=O)CCC3)C1. The number of rotatable bonds is 2. The molecule has 0 saturated heterocycles. The first-order valence-corrected chi connectivity index (χ1v) is 7.94. The zero-order chi connectivity index (χ0) is 14.1. The van der Waals surface area contributed by atoms with E-state index in [0.29, 0.717) is 12.5 Å². The van der Waals surface area contributed by atoms with Gasteiger partial charge in [-0.2, -0.15) is 0 Å². The Morgan fingerprint density at radius 2 is 1.80 bits per heavy atom. The fourth-order valence-electron chi connectivity index (χ4n) is 3.84. The van der Waals surface area contributed by atoms with Crippen molar-refractivity contribution in [1.29, 1.82) is 0 Å². The maximum absolute atomic E-state index is 12.0. The molecule has 3 rings (SSSR count). The molecule has 2 heteroatoms. The number of fused-ring (bicyclic) bond motifs is 1. The van der Waals surface area contributed by atoms with Gasteiger partial charge in [-0.05, 0) is 61.6 Å². The Morgan fingerprint density at radius 3 is 2.55 bits per heavy atom. The van der Waals surface area contributed by atoms with Crippen LogP contribution in [0.15, 0.2) is 18.2 Å². The summed E-state index contributed by atoms with van der Waals surface area (Å²) in [6, 6.07) is 6.10. The highest BCUT2D eigenvalue weighted by molar-refractivity contribution is 5.98. The van der Waals surface area contributed by atoms with E-state index in [-0.39, 0.29) is 5.78 Å². The van der Waals surface area contributed by atoms with E-state index in [4.69, 9.17) is 4.74 Å². The Labute approximate surface area is 121 Å². The summed E-state index contributed by atoms with van der Waals surface area (Å²) >= 11 is 0. The van der Waals surface area contributed by atoms with E-state index < -0.39 is 0 Å².